The molecule has 0 heterocycles. The number of hydrogen-bond acceptors (Lipinski definition) is 1. The van der Waals surface area contributed by atoms with Crippen LogP contribution in [0.15, 0.2) is 42.5 Å². The summed E-state index contributed by atoms with van der Waals surface area (Å²) in [5.74, 6) is 0.515. The van der Waals surface area contributed by atoms with Crippen molar-refractivity contribution < 1.29 is 4.79 Å². The van der Waals surface area contributed by atoms with E-state index in [1.54, 1.807) is 0 Å². The van der Waals surface area contributed by atoms with Gasteiger partial charge in [0.05, 0.1) is 6.04 Å². The lowest BCUT2D eigenvalue weighted by atomic mass is 9.90. The minimum Gasteiger partial charge on any atom is -0.345 e. The fraction of sp³-hybridized carbons (Fsp3) is 0.381. The van der Waals surface area contributed by atoms with Crippen LogP contribution in [0, 0.1) is 5.92 Å². The highest BCUT2D eigenvalue weighted by Gasteiger charge is 2.30. The van der Waals surface area contributed by atoms with Crippen molar-refractivity contribution in [2.45, 2.75) is 45.1 Å². The third kappa shape index (κ3) is 2.67. The Bertz CT molecular complexity index is 749. The molecule has 2 aromatic rings. The van der Waals surface area contributed by atoms with E-state index in [0.29, 0.717) is 5.92 Å². The van der Waals surface area contributed by atoms with Gasteiger partial charge >= 0.3 is 0 Å². The van der Waals surface area contributed by atoms with Crippen molar-refractivity contribution in [2.75, 3.05) is 0 Å². The van der Waals surface area contributed by atoms with Gasteiger partial charge in [-0.05, 0) is 72.4 Å². The van der Waals surface area contributed by atoms with Gasteiger partial charge in [0.25, 0.3) is 5.91 Å². The first kappa shape index (κ1) is 14.5. The molecule has 0 bridgehead atoms. The maximum Gasteiger partial charge on any atom is 0.251 e. The second-order valence-corrected chi connectivity index (χ2v) is 7.02. The standard InChI is InChI=1S/C21H23NO/c1-14-12-17-8-4-5-9-19(17)20(14)22-21(23)18-11-10-15-6-2-3-7-16(15)13-18/h4-5,8-11,13-14,20H,2-3,6-7,12H2,1H3,(H,22,23). The number of amides is 1. The van der Waals surface area contributed by atoms with E-state index in [0.717, 1.165) is 24.8 Å². The molecule has 0 aliphatic heterocycles. The molecule has 1 amide bonds. The molecule has 2 aromatic carbocycles. The van der Waals surface area contributed by atoms with Gasteiger partial charge in [-0.25, -0.2) is 0 Å². The molecular formula is C21H23NO. The van der Waals surface area contributed by atoms with Crippen LogP contribution in [0.5, 0.6) is 0 Å². The van der Waals surface area contributed by atoms with E-state index in [4.69, 9.17) is 0 Å². The zero-order chi connectivity index (χ0) is 15.8. The lowest BCUT2D eigenvalue weighted by molar-refractivity contribution is 0.0927. The van der Waals surface area contributed by atoms with E-state index in [-0.39, 0.29) is 11.9 Å². The molecule has 118 valence electrons. The minimum absolute atomic E-state index is 0.0620. The number of carbonyl (C=O) groups excluding carboxylic acids is 1. The van der Waals surface area contributed by atoms with E-state index in [1.165, 1.54) is 35.1 Å². The average Bonchev–Trinajstić information content (AvgIpc) is 2.90. The number of carbonyl (C=O) groups is 1. The van der Waals surface area contributed by atoms with E-state index < -0.39 is 0 Å². The highest BCUT2D eigenvalue weighted by atomic mass is 16.1. The van der Waals surface area contributed by atoms with Crippen LogP contribution in [0.25, 0.3) is 0 Å². The molecule has 2 unspecified atom stereocenters. The van der Waals surface area contributed by atoms with Crippen molar-refractivity contribution in [2.24, 2.45) is 5.92 Å². The second-order valence-electron chi connectivity index (χ2n) is 7.02. The van der Waals surface area contributed by atoms with Gasteiger partial charge in [-0.3, -0.25) is 4.79 Å². The summed E-state index contributed by atoms with van der Waals surface area (Å²) in [6, 6.07) is 14.9. The fourth-order valence-corrected chi connectivity index (χ4v) is 4.11. The van der Waals surface area contributed by atoms with Crippen LogP contribution in [0.3, 0.4) is 0 Å². The lowest BCUT2D eigenvalue weighted by Crippen LogP contribution is -2.30. The van der Waals surface area contributed by atoms with Crippen LogP contribution in [0.2, 0.25) is 0 Å². The molecule has 0 saturated heterocycles. The van der Waals surface area contributed by atoms with Crippen molar-refractivity contribution in [1.82, 2.24) is 5.32 Å². The first-order valence-corrected chi connectivity index (χ1v) is 8.73. The first-order chi connectivity index (χ1) is 11.2. The van der Waals surface area contributed by atoms with E-state index in [9.17, 15) is 4.79 Å². The van der Waals surface area contributed by atoms with E-state index in [2.05, 4.69) is 48.6 Å². The molecule has 2 aliphatic rings. The predicted molar refractivity (Wildman–Crippen MR) is 92.6 cm³/mol. The van der Waals surface area contributed by atoms with Crippen molar-refractivity contribution in [3.05, 3.63) is 70.3 Å². The molecule has 0 aromatic heterocycles. The van der Waals surface area contributed by atoms with E-state index in [1.807, 2.05) is 6.07 Å². The molecule has 4 rings (SSSR count). The summed E-state index contributed by atoms with van der Waals surface area (Å²) in [4.78, 5) is 12.7. The molecule has 0 spiro atoms. The van der Waals surface area contributed by atoms with Crippen LogP contribution < -0.4 is 5.32 Å². The summed E-state index contributed by atoms with van der Waals surface area (Å²) < 4.78 is 0. The predicted octanol–water partition coefficient (Wildman–Crippen LogP) is 4.23. The van der Waals surface area contributed by atoms with Crippen LogP contribution in [0.1, 0.15) is 58.4 Å². The van der Waals surface area contributed by atoms with Gasteiger partial charge in [-0.2, -0.15) is 0 Å². The van der Waals surface area contributed by atoms with Gasteiger partial charge < -0.3 is 5.32 Å². The van der Waals surface area contributed by atoms with Crippen molar-refractivity contribution in [3.63, 3.8) is 0 Å². The van der Waals surface area contributed by atoms with Crippen molar-refractivity contribution in [1.29, 1.82) is 0 Å². The Morgan fingerprint density at radius 1 is 1.00 bits per heavy atom. The van der Waals surface area contributed by atoms with Gasteiger partial charge in [0.1, 0.15) is 0 Å². The Balaban J connectivity index is 1.56. The summed E-state index contributed by atoms with van der Waals surface area (Å²) in [6.45, 7) is 2.22. The molecule has 2 heteroatoms. The average molecular weight is 305 g/mol. The largest absolute Gasteiger partial charge is 0.345 e. The molecule has 2 atom stereocenters. The van der Waals surface area contributed by atoms with E-state index >= 15 is 0 Å². The molecular weight excluding hydrogens is 282 g/mol. The Hall–Kier alpha value is -2.09. The lowest BCUT2D eigenvalue weighted by Gasteiger charge is -2.20. The molecule has 0 saturated carbocycles. The molecule has 0 radical (unpaired) electrons. The van der Waals surface area contributed by atoms with Crippen LogP contribution in [0.4, 0.5) is 0 Å². The monoisotopic (exact) mass is 305 g/mol. The first-order valence-electron chi connectivity index (χ1n) is 8.73. The zero-order valence-corrected chi connectivity index (χ0v) is 13.6. The number of benzene rings is 2. The van der Waals surface area contributed by atoms with Gasteiger partial charge in [0.2, 0.25) is 0 Å². The highest BCUT2D eigenvalue weighted by molar-refractivity contribution is 5.94. The summed E-state index contributed by atoms with van der Waals surface area (Å²) >= 11 is 0. The molecule has 2 aliphatic carbocycles. The Morgan fingerprint density at radius 2 is 1.78 bits per heavy atom. The molecule has 1 N–H and O–H groups in total. The topological polar surface area (TPSA) is 29.1 Å². The normalized spacial score (nSPS) is 22.3. The third-order valence-electron chi connectivity index (χ3n) is 5.40. The smallest absolute Gasteiger partial charge is 0.251 e. The van der Waals surface area contributed by atoms with Crippen LogP contribution in [-0.4, -0.2) is 5.91 Å². The van der Waals surface area contributed by atoms with Gasteiger partial charge in [-0.15, -0.1) is 0 Å². The minimum atomic E-state index is 0.0620. The number of hydrogen-bond donors (Lipinski definition) is 1. The quantitative estimate of drug-likeness (QED) is 0.884. The van der Waals surface area contributed by atoms with Crippen molar-refractivity contribution in [3.8, 4) is 0 Å². The van der Waals surface area contributed by atoms with Crippen LogP contribution in [-0.2, 0) is 19.3 Å². The summed E-state index contributed by atoms with van der Waals surface area (Å²) in [5, 5.41) is 3.27. The molecule has 2 nitrogen and oxygen atoms in total. The zero-order valence-electron chi connectivity index (χ0n) is 13.6. The Kier molecular flexibility index (Phi) is 3.68. The fourth-order valence-electron chi connectivity index (χ4n) is 4.11. The van der Waals surface area contributed by atoms with Gasteiger partial charge in [0.15, 0.2) is 0 Å². The number of rotatable bonds is 2. The van der Waals surface area contributed by atoms with Crippen molar-refractivity contribution >= 4 is 5.91 Å². The highest BCUT2D eigenvalue weighted by Crippen LogP contribution is 2.35. The summed E-state index contributed by atoms with van der Waals surface area (Å²) in [6.07, 6.45) is 5.83. The second kappa shape index (κ2) is 5.84. The van der Waals surface area contributed by atoms with Crippen LogP contribution >= 0.6 is 0 Å². The maximum absolute atomic E-state index is 12.7. The van der Waals surface area contributed by atoms with Gasteiger partial charge in [-0.1, -0.05) is 37.3 Å². The Labute approximate surface area is 137 Å². The number of fused-ring (bicyclic) bond motifs is 2. The van der Waals surface area contributed by atoms with Gasteiger partial charge in [0, 0.05) is 5.56 Å². The number of aryl methyl sites for hydroxylation is 2. The third-order valence-corrected chi connectivity index (χ3v) is 5.40. The molecule has 0 fully saturated rings. The molecule has 23 heavy (non-hydrogen) atoms. The number of nitrogens with one attached hydrogen (secondary N) is 1. The summed E-state index contributed by atoms with van der Waals surface area (Å²) in [5.41, 5.74) is 6.25. The SMILES string of the molecule is CC1Cc2ccccc2C1NC(=O)c1ccc2c(c1)CCCC2. The maximum atomic E-state index is 12.7. The Morgan fingerprint density at radius 3 is 2.65 bits per heavy atom. The summed E-state index contributed by atoms with van der Waals surface area (Å²) in [7, 11) is 0.